The molecule has 2 atom stereocenters. The highest BCUT2D eigenvalue weighted by molar-refractivity contribution is 5.73. The van der Waals surface area contributed by atoms with Crippen molar-refractivity contribution in [2.45, 2.75) is 31.3 Å². The molecule has 0 radical (unpaired) electrons. The van der Waals surface area contributed by atoms with Crippen molar-refractivity contribution < 1.29 is 25.0 Å². The van der Waals surface area contributed by atoms with Crippen LogP contribution in [0.3, 0.4) is 0 Å². The molecule has 2 rings (SSSR count). The van der Waals surface area contributed by atoms with E-state index in [1.807, 2.05) is 0 Å². The largest absolute Gasteiger partial charge is 0.480 e. The number of aromatic nitrogens is 2. The minimum absolute atomic E-state index is 0.287. The number of nitrogens with zero attached hydrogens (tertiary/aromatic N) is 2. The summed E-state index contributed by atoms with van der Waals surface area (Å²) in [5.74, 6) is -1.94. The lowest BCUT2D eigenvalue weighted by molar-refractivity contribution is -0.161. The number of carboxylic acid groups (broad SMARTS) is 2. The van der Waals surface area contributed by atoms with Crippen LogP contribution in [0.4, 0.5) is 0 Å². The summed E-state index contributed by atoms with van der Waals surface area (Å²) in [6.45, 7) is 0.483. The minimum atomic E-state index is -1.00. The lowest BCUT2D eigenvalue weighted by Gasteiger charge is -2.11. The van der Waals surface area contributed by atoms with Crippen molar-refractivity contribution in [1.29, 1.82) is 0 Å². The molecule has 112 valence electrons. The first kappa shape index (κ1) is 16.1. The number of imidazole rings is 1. The van der Waals surface area contributed by atoms with Gasteiger partial charge in [-0.3, -0.25) is 9.59 Å². The molecule has 1 saturated heterocycles. The Labute approximate surface area is 115 Å². The molecule has 0 bridgehead atoms. The lowest BCUT2D eigenvalue weighted by Crippen LogP contribution is -2.32. The number of nitrogens with one attached hydrogen (secondary N) is 1. The van der Waals surface area contributed by atoms with Gasteiger partial charge in [0.05, 0.1) is 6.33 Å². The van der Waals surface area contributed by atoms with Crippen molar-refractivity contribution in [3.05, 3.63) is 18.2 Å². The van der Waals surface area contributed by atoms with Crippen LogP contribution < -0.4 is 5.73 Å². The first-order valence-electron chi connectivity index (χ1n) is 6.05. The third kappa shape index (κ3) is 4.96. The number of carbonyl (C=O) groups is 2. The molecule has 0 spiro atoms. The summed E-state index contributed by atoms with van der Waals surface area (Å²) < 4.78 is 0. The first-order valence-corrected chi connectivity index (χ1v) is 6.05. The molecule has 2 unspecified atom stereocenters. The Morgan fingerprint density at radius 3 is 2.60 bits per heavy atom. The van der Waals surface area contributed by atoms with Crippen LogP contribution in [0.25, 0.3) is 0 Å². The Morgan fingerprint density at radius 2 is 2.25 bits per heavy atom. The third-order valence-corrected chi connectivity index (χ3v) is 2.82. The van der Waals surface area contributed by atoms with Crippen molar-refractivity contribution >= 4 is 11.9 Å². The van der Waals surface area contributed by atoms with E-state index in [-0.39, 0.29) is 6.42 Å². The normalized spacial score (nSPS) is 20.0. The van der Waals surface area contributed by atoms with Gasteiger partial charge in [0.2, 0.25) is 0 Å². The Bertz CT molecular complexity index is 436. The van der Waals surface area contributed by atoms with Crippen molar-refractivity contribution in [3.8, 4) is 0 Å². The Hall–Kier alpha value is -1.97. The highest BCUT2D eigenvalue weighted by Gasteiger charge is 2.28. The summed E-state index contributed by atoms with van der Waals surface area (Å²) in [5.41, 5.74) is 6.00. The quantitative estimate of drug-likeness (QED) is 0.486. The minimum Gasteiger partial charge on any atom is -0.480 e. The fraction of sp³-hybridized carbons (Fsp3) is 0.545. The van der Waals surface area contributed by atoms with Crippen LogP contribution in [0, 0.1) is 0 Å². The van der Waals surface area contributed by atoms with Crippen LogP contribution >= 0.6 is 0 Å². The summed E-state index contributed by atoms with van der Waals surface area (Å²) in [5, 5.41) is 26.5. The Balaban J connectivity index is 0.000000204. The second-order valence-corrected chi connectivity index (χ2v) is 4.39. The average molecular weight is 286 g/mol. The van der Waals surface area contributed by atoms with Crippen molar-refractivity contribution in [2.24, 2.45) is 5.73 Å². The molecule has 1 aliphatic heterocycles. The summed E-state index contributed by atoms with van der Waals surface area (Å²) >= 11 is 0. The summed E-state index contributed by atoms with van der Waals surface area (Å²) in [4.78, 5) is 27.0. The van der Waals surface area contributed by atoms with Gasteiger partial charge < -0.3 is 26.1 Å². The van der Waals surface area contributed by atoms with Crippen molar-refractivity contribution in [1.82, 2.24) is 15.0 Å². The van der Waals surface area contributed by atoms with Gasteiger partial charge in [-0.15, -0.1) is 0 Å². The molecule has 2 heterocycles. The van der Waals surface area contributed by atoms with Crippen LogP contribution in [0.2, 0.25) is 0 Å². The molecular formula is C11H18N4O5. The highest BCUT2D eigenvalue weighted by atomic mass is 16.5. The monoisotopic (exact) mass is 286 g/mol. The average Bonchev–Trinajstić information content (AvgIpc) is 3.00. The van der Waals surface area contributed by atoms with E-state index in [4.69, 9.17) is 21.2 Å². The van der Waals surface area contributed by atoms with Crippen LogP contribution in [0.1, 0.15) is 18.5 Å². The molecule has 20 heavy (non-hydrogen) atoms. The maximum absolute atomic E-state index is 10.3. The van der Waals surface area contributed by atoms with Gasteiger partial charge in [-0.2, -0.15) is 5.06 Å². The predicted molar refractivity (Wildman–Crippen MR) is 67.1 cm³/mol. The molecule has 1 aromatic heterocycles. The van der Waals surface area contributed by atoms with Gasteiger partial charge in [0, 0.05) is 24.9 Å². The number of aromatic amines is 1. The molecule has 1 fully saturated rings. The standard InChI is InChI=1S/C6H9N3O2.C5H9NO3/c7-5(6(10)11)1-4-2-8-3-9-4;7-5(8)4-2-1-3-6(4)9/h2-3,5H,1,7H2,(H,8,9)(H,10,11);4,9H,1-3H2,(H,7,8). The number of rotatable bonds is 4. The van der Waals surface area contributed by atoms with Gasteiger partial charge in [-0.05, 0) is 12.8 Å². The predicted octanol–water partition coefficient (Wildman–Crippen LogP) is -0.711. The van der Waals surface area contributed by atoms with Gasteiger partial charge >= 0.3 is 11.9 Å². The second-order valence-electron chi connectivity index (χ2n) is 4.39. The lowest BCUT2D eigenvalue weighted by atomic mass is 10.2. The number of hydroxylamine groups is 2. The topological polar surface area (TPSA) is 153 Å². The van der Waals surface area contributed by atoms with Crippen molar-refractivity contribution in [2.75, 3.05) is 6.54 Å². The van der Waals surface area contributed by atoms with Gasteiger partial charge in [-0.25, -0.2) is 4.98 Å². The second kappa shape index (κ2) is 7.58. The fourth-order valence-electron chi connectivity index (χ4n) is 1.72. The molecule has 0 aromatic carbocycles. The Morgan fingerprint density at radius 1 is 1.55 bits per heavy atom. The molecular weight excluding hydrogens is 268 g/mol. The van der Waals surface area contributed by atoms with Gasteiger partial charge in [0.15, 0.2) is 0 Å². The third-order valence-electron chi connectivity index (χ3n) is 2.82. The number of aliphatic carboxylic acids is 2. The maximum atomic E-state index is 10.3. The summed E-state index contributed by atoms with van der Waals surface area (Å²) in [6.07, 6.45) is 4.67. The number of hydrogen-bond donors (Lipinski definition) is 5. The van der Waals surface area contributed by atoms with Crippen LogP contribution in [-0.2, 0) is 16.0 Å². The van der Waals surface area contributed by atoms with Crippen LogP contribution in [0.5, 0.6) is 0 Å². The zero-order chi connectivity index (χ0) is 15.1. The van der Waals surface area contributed by atoms with E-state index in [1.54, 1.807) is 6.20 Å². The molecule has 6 N–H and O–H groups in total. The van der Waals surface area contributed by atoms with E-state index < -0.39 is 24.0 Å². The van der Waals surface area contributed by atoms with E-state index in [9.17, 15) is 9.59 Å². The molecule has 1 aromatic rings. The number of hydrogen-bond acceptors (Lipinski definition) is 6. The van der Waals surface area contributed by atoms with Gasteiger partial charge in [0.25, 0.3) is 0 Å². The zero-order valence-corrected chi connectivity index (χ0v) is 10.8. The number of nitrogens with two attached hydrogens (primary N) is 1. The molecule has 9 nitrogen and oxygen atoms in total. The zero-order valence-electron chi connectivity index (χ0n) is 10.8. The van der Waals surface area contributed by atoms with Crippen molar-refractivity contribution in [3.63, 3.8) is 0 Å². The molecule has 9 heteroatoms. The Kier molecular flexibility index (Phi) is 6.10. The SMILES string of the molecule is NC(Cc1cnc[nH]1)C(=O)O.O=C(O)C1CCCN1O. The first-order chi connectivity index (χ1) is 9.41. The molecule has 0 aliphatic carbocycles. The number of carboxylic acids is 2. The van der Waals surface area contributed by atoms with E-state index >= 15 is 0 Å². The summed E-state index contributed by atoms with van der Waals surface area (Å²) in [6, 6.07) is -1.51. The maximum Gasteiger partial charge on any atom is 0.323 e. The highest BCUT2D eigenvalue weighted by Crippen LogP contribution is 2.13. The van der Waals surface area contributed by atoms with E-state index in [2.05, 4.69) is 9.97 Å². The van der Waals surface area contributed by atoms with Gasteiger partial charge in [0.1, 0.15) is 12.1 Å². The number of H-pyrrole nitrogens is 1. The molecule has 1 aliphatic rings. The van der Waals surface area contributed by atoms with Crippen LogP contribution in [0.15, 0.2) is 12.5 Å². The van der Waals surface area contributed by atoms with Gasteiger partial charge in [-0.1, -0.05) is 0 Å². The summed E-state index contributed by atoms with van der Waals surface area (Å²) in [7, 11) is 0. The van der Waals surface area contributed by atoms with Crippen LogP contribution in [-0.4, -0.2) is 61.0 Å². The molecule has 0 saturated carbocycles. The molecule has 0 amide bonds. The van der Waals surface area contributed by atoms with E-state index in [0.29, 0.717) is 13.0 Å². The van der Waals surface area contributed by atoms with E-state index in [0.717, 1.165) is 17.2 Å². The smallest absolute Gasteiger partial charge is 0.323 e. The van der Waals surface area contributed by atoms with E-state index in [1.165, 1.54) is 6.33 Å². The fourth-order valence-corrected chi connectivity index (χ4v) is 1.72.